The highest BCUT2D eigenvalue weighted by molar-refractivity contribution is 5.87. The van der Waals surface area contributed by atoms with Crippen molar-refractivity contribution in [2.24, 2.45) is 0 Å². The normalized spacial score (nSPS) is 22.9. The van der Waals surface area contributed by atoms with Gasteiger partial charge in [-0.05, 0) is 0 Å². The van der Waals surface area contributed by atoms with Crippen molar-refractivity contribution in [1.29, 1.82) is 0 Å². The molecule has 0 bridgehead atoms. The van der Waals surface area contributed by atoms with E-state index >= 15 is 0 Å². The van der Waals surface area contributed by atoms with Crippen molar-refractivity contribution in [2.75, 3.05) is 12.3 Å². The Morgan fingerprint density at radius 1 is 1.00 bits per heavy atom. The van der Waals surface area contributed by atoms with Gasteiger partial charge in [0.25, 0.3) is 0 Å². The fourth-order valence-electron chi connectivity index (χ4n) is 3.50. The van der Waals surface area contributed by atoms with Crippen LogP contribution in [-0.2, 0) is 28.6 Å². The maximum Gasteiger partial charge on any atom is 0.305 e. The number of carbonyl (C=O) groups is 3. The molecule has 0 spiro atoms. The molecule has 0 aromatic carbocycles. The zero-order valence-electron chi connectivity index (χ0n) is 17.7. The molecule has 1 fully saturated rings. The molecule has 1 saturated heterocycles. The van der Waals surface area contributed by atoms with E-state index in [9.17, 15) is 14.4 Å². The van der Waals surface area contributed by atoms with Crippen molar-refractivity contribution < 1.29 is 28.6 Å². The van der Waals surface area contributed by atoms with E-state index in [2.05, 4.69) is 20.3 Å². The van der Waals surface area contributed by atoms with Gasteiger partial charge in [-0.1, -0.05) is 20.8 Å². The number of H-pyrrole nitrogens is 1. The number of ether oxygens (including phenoxy) is 3. The second-order valence-electron chi connectivity index (χ2n) is 7.13. The number of carbonyl (C=O) groups excluding carboxylic acids is 3. The maximum atomic E-state index is 12.2. The van der Waals surface area contributed by atoms with E-state index in [0.717, 1.165) is 0 Å². The Morgan fingerprint density at radius 2 is 1.65 bits per heavy atom. The van der Waals surface area contributed by atoms with Crippen LogP contribution in [0.4, 0.5) is 5.82 Å². The van der Waals surface area contributed by atoms with Crippen LogP contribution in [0.3, 0.4) is 0 Å². The van der Waals surface area contributed by atoms with Crippen molar-refractivity contribution in [3.63, 3.8) is 0 Å². The minimum Gasteiger partial charge on any atom is -0.464 e. The van der Waals surface area contributed by atoms with Crippen LogP contribution >= 0.6 is 0 Å². The quantitative estimate of drug-likeness (QED) is 0.407. The van der Waals surface area contributed by atoms with Crippen molar-refractivity contribution in [3.8, 4) is 0 Å². The molecule has 3 heterocycles. The summed E-state index contributed by atoms with van der Waals surface area (Å²) >= 11 is 0. The summed E-state index contributed by atoms with van der Waals surface area (Å²) in [7, 11) is 0. The number of anilines is 1. The van der Waals surface area contributed by atoms with Crippen LogP contribution in [0.15, 0.2) is 12.5 Å². The SMILES string of the molecule is CCC(=O)OC[C@H]1N[C@@H](c2c[nH]c3c(N)ncnc23)[C@H](OC(=O)CC)[C@@H]1OC(=O)CC. The van der Waals surface area contributed by atoms with Gasteiger partial charge in [0.2, 0.25) is 0 Å². The number of fused-ring (bicyclic) bond motifs is 1. The highest BCUT2D eigenvalue weighted by atomic mass is 16.6. The third-order valence-corrected chi connectivity index (χ3v) is 5.12. The lowest BCUT2D eigenvalue weighted by atomic mass is 10.0. The number of nitrogens with two attached hydrogens (primary N) is 1. The van der Waals surface area contributed by atoms with Gasteiger partial charge in [0.15, 0.2) is 18.0 Å². The molecule has 3 rings (SSSR count). The van der Waals surface area contributed by atoms with Gasteiger partial charge in [-0.25, -0.2) is 9.97 Å². The first-order chi connectivity index (χ1) is 14.9. The van der Waals surface area contributed by atoms with Crippen LogP contribution in [0.5, 0.6) is 0 Å². The smallest absolute Gasteiger partial charge is 0.305 e. The summed E-state index contributed by atoms with van der Waals surface area (Å²) in [4.78, 5) is 47.3. The summed E-state index contributed by atoms with van der Waals surface area (Å²) in [6.45, 7) is 4.97. The number of hydrogen-bond acceptors (Lipinski definition) is 10. The minimum absolute atomic E-state index is 0.0511. The third-order valence-electron chi connectivity index (χ3n) is 5.12. The number of esters is 3. The molecule has 1 aliphatic rings. The fraction of sp³-hybridized carbons (Fsp3) is 0.550. The molecule has 4 N–H and O–H groups in total. The third kappa shape index (κ3) is 4.76. The number of aromatic amines is 1. The van der Waals surface area contributed by atoms with Crippen LogP contribution < -0.4 is 11.1 Å². The van der Waals surface area contributed by atoms with Crippen molar-refractivity contribution >= 4 is 34.8 Å². The van der Waals surface area contributed by atoms with Gasteiger partial charge in [0.05, 0.1) is 17.6 Å². The molecule has 4 atom stereocenters. The molecular weight excluding hydrogens is 406 g/mol. The standard InChI is InChI=1S/C20H27N5O6/c1-4-12(26)29-8-11-18(30-13(27)5-2)19(31-14(28)6-3)16(25-11)10-7-22-17-15(10)23-9-24-20(17)21/h7,9,11,16,18-19,22,25H,4-6,8H2,1-3H3,(H2,21,23,24)/t11-,16+,18-,19+/m1/s1. The minimum atomic E-state index is -0.859. The van der Waals surface area contributed by atoms with E-state index in [4.69, 9.17) is 19.9 Å². The molecular formula is C20H27N5O6. The lowest BCUT2D eigenvalue weighted by Gasteiger charge is -2.25. The van der Waals surface area contributed by atoms with Gasteiger partial charge in [-0.2, -0.15) is 0 Å². The van der Waals surface area contributed by atoms with Crippen LogP contribution in [-0.4, -0.2) is 57.7 Å². The first kappa shape index (κ1) is 22.5. The number of rotatable bonds is 8. The fourth-order valence-corrected chi connectivity index (χ4v) is 3.50. The van der Waals surface area contributed by atoms with Gasteiger partial charge in [-0.3, -0.25) is 19.7 Å². The van der Waals surface area contributed by atoms with Gasteiger partial charge < -0.3 is 24.9 Å². The molecule has 0 amide bonds. The van der Waals surface area contributed by atoms with Crippen LogP contribution in [0, 0.1) is 0 Å². The van der Waals surface area contributed by atoms with Gasteiger partial charge >= 0.3 is 17.9 Å². The van der Waals surface area contributed by atoms with E-state index in [1.54, 1.807) is 27.0 Å². The zero-order chi connectivity index (χ0) is 22.5. The number of hydrogen-bond donors (Lipinski definition) is 3. The number of aromatic nitrogens is 3. The summed E-state index contributed by atoms with van der Waals surface area (Å²) in [6.07, 6.45) is 1.82. The van der Waals surface area contributed by atoms with Crippen LogP contribution in [0.2, 0.25) is 0 Å². The zero-order valence-corrected chi connectivity index (χ0v) is 17.7. The Labute approximate surface area is 179 Å². The average Bonchev–Trinajstić information content (AvgIpc) is 3.34. The largest absolute Gasteiger partial charge is 0.464 e. The van der Waals surface area contributed by atoms with Crippen molar-refractivity contribution in [3.05, 3.63) is 18.1 Å². The summed E-state index contributed by atoms with van der Waals surface area (Å²) in [5.74, 6) is -1.02. The molecule has 0 radical (unpaired) electrons. The van der Waals surface area contributed by atoms with Gasteiger partial charge in [-0.15, -0.1) is 0 Å². The lowest BCUT2D eigenvalue weighted by molar-refractivity contribution is -0.168. The monoisotopic (exact) mass is 433 g/mol. The maximum absolute atomic E-state index is 12.2. The Morgan fingerprint density at radius 3 is 2.29 bits per heavy atom. The number of nitrogens with zero attached hydrogens (tertiary/aromatic N) is 2. The molecule has 2 aromatic rings. The molecule has 168 valence electrons. The Kier molecular flexibility index (Phi) is 7.06. The summed E-state index contributed by atoms with van der Waals surface area (Å²) in [6, 6.07) is -1.17. The Hall–Kier alpha value is -3.21. The van der Waals surface area contributed by atoms with Crippen molar-refractivity contribution in [1.82, 2.24) is 20.3 Å². The van der Waals surface area contributed by atoms with Gasteiger partial charge in [0.1, 0.15) is 18.5 Å². The lowest BCUT2D eigenvalue weighted by Crippen LogP contribution is -2.42. The van der Waals surface area contributed by atoms with E-state index in [-0.39, 0.29) is 37.7 Å². The highest BCUT2D eigenvalue weighted by Gasteiger charge is 2.49. The van der Waals surface area contributed by atoms with E-state index < -0.39 is 36.2 Å². The topological polar surface area (TPSA) is 159 Å². The van der Waals surface area contributed by atoms with Crippen LogP contribution in [0.25, 0.3) is 11.0 Å². The number of nitrogen functional groups attached to an aromatic ring is 1. The average molecular weight is 433 g/mol. The first-order valence-corrected chi connectivity index (χ1v) is 10.3. The van der Waals surface area contributed by atoms with E-state index in [1.807, 2.05) is 0 Å². The number of nitrogens with one attached hydrogen (secondary N) is 2. The molecule has 11 nitrogen and oxygen atoms in total. The van der Waals surface area contributed by atoms with E-state index in [0.29, 0.717) is 16.6 Å². The molecule has 31 heavy (non-hydrogen) atoms. The Bertz CT molecular complexity index is 961. The molecule has 1 aliphatic heterocycles. The molecule has 2 aromatic heterocycles. The highest BCUT2D eigenvalue weighted by Crippen LogP contribution is 2.36. The Balaban J connectivity index is 1.99. The predicted octanol–water partition coefficient (Wildman–Crippen LogP) is 1.15. The summed E-state index contributed by atoms with van der Waals surface area (Å²) in [5, 5.41) is 3.29. The molecule has 0 aliphatic carbocycles. The van der Waals surface area contributed by atoms with E-state index in [1.165, 1.54) is 6.33 Å². The molecule has 0 unspecified atom stereocenters. The first-order valence-electron chi connectivity index (χ1n) is 10.3. The van der Waals surface area contributed by atoms with Crippen LogP contribution in [0.1, 0.15) is 51.6 Å². The predicted molar refractivity (Wildman–Crippen MR) is 110 cm³/mol. The second kappa shape index (κ2) is 9.73. The summed E-state index contributed by atoms with van der Waals surface area (Å²) < 4.78 is 16.6. The molecule has 0 saturated carbocycles. The molecule has 11 heteroatoms. The summed E-state index contributed by atoms with van der Waals surface area (Å²) in [5.41, 5.74) is 7.69. The second-order valence-corrected chi connectivity index (χ2v) is 7.13. The van der Waals surface area contributed by atoms with Gasteiger partial charge in [0, 0.05) is 31.0 Å². The van der Waals surface area contributed by atoms with Crippen molar-refractivity contribution in [2.45, 2.75) is 64.3 Å².